The molecule has 3 heterocycles. The topological polar surface area (TPSA) is 122 Å². The number of rotatable bonds is 7. The molecule has 0 radical (unpaired) electrons. The van der Waals surface area contributed by atoms with E-state index in [1.807, 2.05) is 60.7 Å². The van der Waals surface area contributed by atoms with Gasteiger partial charge in [-0.3, -0.25) is 9.78 Å². The molecule has 2 aliphatic heterocycles. The molecule has 4 atom stereocenters. The molecule has 186 valence electrons. The van der Waals surface area contributed by atoms with Gasteiger partial charge in [0, 0.05) is 29.1 Å². The van der Waals surface area contributed by atoms with Gasteiger partial charge in [-0.25, -0.2) is 4.79 Å². The molecule has 0 aliphatic carbocycles. The van der Waals surface area contributed by atoms with Crippen LogP contribution in [0.5, 0.6) is 5.75 Å². The normalized spacial score (nSPS) is 22.0. The van der Waals surface area contributed by atoms with E-state index in [-0.39, 0.29) is 43.1 Å². The minimum absolute atomic E-state index is 0.0709. The number of para-hydroxylation sites is 1. The highest BCUT2D eigenvalue weighted by Crippen LogP contribution is 2.47. The Kier molecular flexibility index (Phi) is 7.11. The van der Waals surface area contributed by atoms with E-state index in [2.05, 4.69) is 20.9 Å². The number of hydrogen-bond donors (Lipinski definition) is 4. The van der Waals surface area contributed by atoms with E-state index in [4.69, 9.17) is 9.47 Å². The molecule has 1 fully saturated rings. The summed E-state index contributed by atoms with van der Waals surface area (Å²) in [6.07, 6.45) is 1.13. The van der Waals surface area contributed by atoms with Crippen LogP contribution >= 0.6 is 0 Å². The van der Waals surface area contributed by atoms with E-state index in [0.29, 0.717) is 30.1 Å². The molecule has 2 aliphatic rings. The number of benzene rings is 2. The van der Waals surface area contributed by atoms with Crippen LogP contribution in [0.4, 0.5) is 16.2 Å². The number of carbonyl (C=O) groups excluding carboxylic acids is 2. The standard InChI is InChI=1S/C27H28N4O5/c32-16-24-26-22(13-20(35-24)14-25(33)29-15-19-8-4-5-11-28-19)21-12-18(9-10-23(21)36-26)31-27(34)30-17-6-2-1-3-7-17/h1-12,20,22,24,26,32H,13-16H2,(H,29,33)(H2,30,31,34)/t20-,22+,24-,26-/m0/s1. The molecule has 0 spiro atoms. The van der Waals surface area contributed by atoms with Crippen LogP contribution in [-0.4, -0.2) is 46.9 Å². The first-order valence-electron chi connectivity index (χ1n) is 12.0. The van der Waals surface area contributed by atoms with Gasteiger partial charge in [0.05, 0.1) is 31.4 Å². The molecule has 9 nitrogen and oxygen atoms in total. The van der Waals surface area contributed by atoms with Crippen molar-refractivity contribution in [1.29, 1.82) is 0 Å². The zero-order chi connectivity index (χ0) is 24.9. The van der Waals surface area contributed by atoms with Crippen LogP contribution in [0.25, 0.3) is 0 Å². The van der Waals surface area contributed by atoms with Gasteiger partial charge in [-0.2, -0.15) is 0 Å². The van der Waals surface area contributed by atoms with Crippen LogP contribution in [-0.2, 0) is 16.1 Å². The second kappa shape index (κ2) is 10.8. The van der Waals surface area contributed by atoms with Gasteiger partial charge in [0.2, 0.25) is 5.91 Å². The lowest BCUT2D eigenvalue weighted by Crippen LogP contribution is -2.47. The van der Waals surface area contributed by atoms with E-state index in [9.17, 15) is 14.7 Å². The Morgan fingerprint density at radius 3 is 2.58 bits per heavy atom. The first-order chi connectivity index (χ1) is 17.6. The summed E-state index contributed by atoms with van der Waals surface area (Å²) in [5.74, 6) is 0.479. The van der Waals surface area contributed by atoms with Gasteiger partial charge in [0.15, 0.2) is 0 Å². The smallest absolute Gasteiger partial charge is 0.323 e. The molecule has 3 amide bonds. The molecule has 2 aromatic carbocycles. The van der Waals surface area contributed by atoms with Crippen LogP contribution in [0, 0.1) is 0 Å². The SMILES string of the molecule is O=C(C[C@@H]1C[C@@H]2c3cc(NC(=O)Nc4ccccc4)ccc3O[C@@H]2[C@H](CO)O1)NCc1ccccn1. The van der Waals surface area contributed by atoms with Crippen molar-refractivity contribution in [1.82, 2.24) is 10.3 Å². The average molecular weight is 489 g/mol. The zero-order valence-corrected chi connectivity index (χ0v) is 19.6. The number of carbonyl (C=O) groups is 2. The number of aliphatic hydroxyl groups is 1. The Labute approximate surface area is 208 Å². The summed E-state index contributed by atoms with van der Waals surface area (Å²) in [5.41, 5.74) is 3.03. The third-order valence-electron chi connectivity index (χ3n) is 6.39. The van der Waals surface area contributed by atoms with E-state index in [1.54, 1.807) is 12.3 Å². The number of ether oxygens (including phenoxy) is 2. The first-order valence-corrected chi connectivity index (χ1v) is 12.0. The summed E-state index contributed by atoms with van der Waals surface area (Å²) in [7, 11) is 0. The second-order valence-corrected chi connectivity index (χ2v) is 8.90. The minimum Gasteiger partial charge on any atom is -0.487 e. The average Bonchev–Trinajstić information content (AvgIpc) is 3.26. The summed E-state index contributed by atoms with van der Waals surface area (Å²) in [5, 5.41) is 18.5. The van der Waals surface area contributed by atoms with Crippen molar-refractivity contribution in [2.75, 3.05) is 17.2 Å². The summed E-state index contributed by atoms with van der Waals surface area (Å²) in [6, 6.07) is 19.9. The number of nitrogens with one attached hydrogen (secondary N) is 3. The lowest BCUT2D eigenvalue weighted by molar-refractivity contribution is -0.142. The number of amides is 3. The van der Waals surface area contributed by atoms with E-state index in [1.165, 1.54) is 0 Å². The fourth-order valence-corrected chi connectivity index (χ4v) is 4.75. The number of hydrogen-bond acceptors (Lipinski definition) is 6. The monoisotopic (exact) mass is 488 g/mol. The molecular weight excluding hydrogens is 460 g/mol. The minimum atomic E-state index is -0.553. The maximum absolute atomic E-state index is 12.6. The highest BCUT2D eigenvalue weighted by Gasteiger charge is 2.46. The van der Waals surface area contributed by atoms with Crippen molar-refractivity contribution in [2.24, 2.45) is 0 Å². The summed E-state index contributed by atoms with van der Waals surface area (Å²) >= 11 is 0. The number of pyridine rings is 1. The summed E-state index contributed by atoms with van der Waals surface area (Å²) < 4.78 is 12.1. The fraction of sp³-hybridized carbons (Fsp3) is 0.296. The summed E-state index contributed by atoms with van der Waals surface area (Å²) in [6.45, 7) is 0.125. The number of nitrogens with zero attached hydrogens (tertiary/aromatic N) is 1. The van der Waals surface area contributed by atoms with Gasteiger partial charge < -0.3 is 30.5 Å². The zero-order valence-electron chi connectivity index (χ0n) is 19.6. The van der Waals surface area contributed by atoms with Crippen molar-refractivity contribution in [3.63, 3.8) is 0 Å². The van der Waals surface area contributed by atoms with Crippen LogP contribution in [0.1, 0.15) is 30.0 Å². The van der Waals surface area contributed by atoms with E-state index in [0.717, 1.165) is 11.3 Å². The predicted octanol–water partition coefficient (Wildman–Crippen LogP) is 3.43. The molecule has 5 rings (SSSR count). The second-order valence-electron chi connectivity index (χ2n) is 8.90. The van der Waals surface area contributed by atoms with Crippen LogP contribution in [0.3, 0.4) is 0 Å². The first kappa shape index (κ1) is 23.8. The number of aromatic nitrogens is 1. The Bertz CT molecular complexity index is 1210. The van der Waals surface area contributed by atoms with Crippen molar-refractivity contribution in [3.8, 4) is 5.75 Å². The van der Waals surface area contributed by atoms with Gasteiger partial charge in [0.1, 0.15) is 18.0 Å². The Morgan fingerprint density at radius 2 is 1.81 bits per heavy atom. The molecule has 9 heteroatoms. The van der Waals surface area contributed by atoms with E-state index < -0.39 is 6.10 Å². The number of urea groups is 1. The van der Waals surface area contributed by atoms with Crippen molar-refractivity contribution < 1.29 is 24.2 Å². The number of anilines is 2. The molecule has 0 bridgehead atoms. The Balaban J connectivity index is 1.24. The molecule has 3 aromatic rings. The highest BCUT2D eigenvalue weighted by molar-refractivity contribution is 5.99. The lowest BCUT2D eigenvalue weighted by Gasteiger charge is -2.37. The molecule has 1 saturated heterocycles. The Hall–Kier alpha value is -3.95. The third kappa shape index (κ3) is 5.48. The molecule has 0 saturated carbocycles. The predicted molar refractivity (Wildman–Crippen MR) is 134 cm³/mol. The van der Waals surface area contributed by atoms with Crippen molar-refractivity contribution in [3.05, 3.63) is 84.2 Å². The van der Waals surface area contributed by atoms with E-state index >= 15 is 0 Å². The maximum Gasteiger partial charge on any atom is 0.323 e. The van der Waals surface area contributed by atoms with Crippen LogP contribution in [0.15, 0.2) is 72.9 Å². The molecule has 1 aromatic heterocycles. The van der Waals surface area contributed by atoms with Crippen molar-refractivity contribution >= 4 is 23.3 Å². The molecule has 4 N–H and O–H groups in total. The van der Waals surface area contributed by atoms with Crippen LogP contribution < -0.4 is 20.7 Å². The highest BCUT2D eigenvalue weighted by atomic mass is 16.6. The van der Waals surface area contributed by atoms with Crippen LogP contribution in [0.2, 0.25) is 0 Å². The number of fused-ring (bicyclic) bond motifs is 3. The quantitative estimate of drug-likeness (QED) is 0.404. The van der Waals surface area contributed by atoms with Gasteiger partial charge in [0.25, 0.3) is 0 Å². The molecular formula is C27H28N4O5. The van der Waals surface area contributed by atoms with Gasteiger partial charge in [-0.1, -0.05) is 24.3 Å². The lowest BCUT2D eigenvalue weighted by atomic mass is 9.84. The van der Waals surface area contributed by atoms with Crippen molar-refractivity contribution in [2.45, 2.75) is 43.6 Å². The molecule has 0 unspecified atom stereocenters. The maximum atomic E-state index is 12.6. The van der Waals surface area contributed by atoms with Gasteiger partial charge >= 0.3 is 6.03 Å². The van der Waals surface area contributed by atoms with Gasteiger partial charge in [-0.05, 0) is 48.9 Å². The Morgan fingerprint density at radius 1 is 1.00 bits per heavy atom. The third-order valence-corrected chi connectivity index (χ3v) is 6.39. The number of aliphatic hydroxyl groups excluding tert-OH is 1. The molecule has 36 heavy (non-hydrogen) atoms. The largest absolute Gasteiger partial charge is 0.487 e. The van der Waals surface area contributed by atoms with Gasteiger partial charge in [-0.15, -0.1) is 0 Å². The fourth-order valence-electron chi connectivity index (χ4n) is 4.75. The summed E-state index contributed by atoms with van der Waals surface area (Å²) in [4.78, 5) is 29.2.